The van der Waals surface area contributed by atoms with Gasteiger partial charge in [-0.15, -0.1) is 0 Å². The van der Waals surface area contributed by atoms with E-state index in [1.165, 1.54) is 12.1 Å². The van der Waals surface area contributed by atoms with Crippen molar-refractivity contribution in [2.45, 2.75) is 13.0 Å². The van der Waals surface area contributed by atoms with Crippen molar-refractivity contribution in [1.29, 1.82) is 0 Å². The van der Waals surface area contributed by atoms with Crippen molar-refractivity contribution in [3.8, 4) is 11.5 Å². The molecular formula is C19H23BrFN3O2. The van der Waals surface area contributed by atoms with Crippen molar-refractivity contribution in [2.75, 3.05) is 27.8 Å². The Kier molecular flexibility index (Phi) is 7.72. The summed E-state index contributed by atoms with van der Waals surface area (Å²) in [7, 11) is 4.94. The number of aliphatic imine (C=N–C) groups is 1. The van der Waals surface area contributed by atoms with Crippen LogP contribution in [0.15, 0.2) is 45.9 Å². The highest BCUT2D eigenvalue weighted by Gasteiger charge is 2.10. The van der Waals surface area contributed by atoms with Crippen molar-refractivity contribution in [2.24, 2.45) is 4.99 Å². The standard InChI is InChI=1S/C19H23BrFN3O2/c1-22-19(23-9-8-13-4-6-15(21)7-5-13)24-12-14-10-17(25-2)18(26-3)11-16(14)20/h4-7,10-11H,8-9,12H2,1-3H3,(H2,22,23,24). The van der Waals surface area contributed by atoms with Gasteiger partial charge in [0.05, 0.1) is 14.2 Å². The summed E-state index contributed by atoms with van der Waals surface area (Å²) in [5.41, 5.74) is 2.08. The third-order valence-electron chi connectivity index (χ3n) is 3.84. The van der Waals surface area contributed by atoms with Gasteiger partial charge in [-0.1, -0.05) is 28.1 Å². The average Bonchev–Trinajstić information content (AvgIpc) is 2.66. The largest absolute Gasteiger partial charge is 0.493 e. The molecule has 0 spiro atoms. The van der Waals surface area contributed by atoms with E-state index in [9.17, 15) is 4.39 Å². The molecule has 0 aliphatic heterocycles. The molecule has 2 aromatic carbocycles. The first-order valence-corrected chi connectivity index (χ1v) is 8.96. The van der Waals surface area contributed by atoms with E-state index in [0.29, 0.717) is 30.5 Å². The zero-order valence-corrected chi connectivity index (χ0v) is 16.7. The minimum atomic E-state index is -0.223. The van der Waals surface area contributed by atoms with E-state index in [0.717, 1.165) is 22.0 Å². The van der Waals surface area contributed by atoms with Crippen LogP contribution in [-0.2, 0) is 13.0 Å². The lowest BCUT2D eigenvalue weighted by atomic mass is 10.1. The van der Waals surface area contributed by atoms with Gasteiger partial charge in [-0.05, 0) is 41.8 Å². The Morgan fingerprint density at radius 3 is 2.35 bits per heavy atom. The zero-order chi connectivity index (χ0) is 18.9. The summed E-state index contributed by atoms with van der Waals surface area (Å²) in [6.45, 7) is 1.26. The third-order valence-corrected chi connectivity index (χ3v) is 4.58. The van der Waals surface area contributed by atoms with Crippen LogP contribution in [0.2, 0.25) is 0 Å². The molecule has 0 bridgehead atoms. The summed E-state index contributed by atoms with van der Waals surface area (Å²) in [5.74, 6) is 1.81. The number of benzene rings is 2. The van der Waals surface area contributed by atoms with Gasteiger partial charge in [-0.25, -0.2) is 4.39 Å². The van der Waals surface area contributed by atoms with E-state index in [2.05, 4.69) is 31.6 Å². The Bertz CT molecular complexity index is 751. The van der Waals surface area contributed by atoms with Crippen LogP contribution in [0.5, 0.6) is 11.5 Å². The second kappa shape index (κ2) is 10.0. The lowest BCUT2D eigenvalue weighted by molar-refractivity contribution is 0.354. The molecule has 0 fully saturated rings. The fraction of sp³-hybridized carbons (Fsp3) is 0.316. The topological polar surface area (TPSA) is 54.9 Å². The number of guanidine groups is 1. The van der Waals surface area contributed by atoms with Gasteiger partial charge >= 0.3 is 0 Å². The van der Waals surface area contributed by atoms with Crippen LogP contribution in [-0.4, -0.2) is 33.8 Å². The minimum absolute atomic E-state index is 0.223. The SMILES string of the molecule is CN=C(NCCc1ccc(F)cc1)NCc1cc(OC)c(OC)cc1Br. The van der Waals surface area contributed by atoms with Gasteiger partial charge in [0.15, 0.2) is 17.5 Å². The molecule has 2 N–H and O–H groups in total. The summed E-state index contributed by atoms with van der Waals surface area (Å²) in [6.07, 6.45) is 0.779. The van der Waals surface area contributed by atoms with Gasteiger partial charge in [0.2, 0.25) is 0 Å². The number of ether oxygens (including phenoxy) is 2. The number of nitrogens with zero attached hydrogens (tertiary/aromatic N) is 1. The second-order valence-electron chi connectivity index (χ2n) is 5.53. The number of nitrogens with one attached hydrogen (secondary N) is 2. The Balaban J connectivity index is 1.89. The Labute approximate surface area is 161 Å². The Hall–Kier alpha value is -2.28. The van der Waals surface area contributed by atoms with Crippen LogP contribution in [0.1, 0.15) is 11.1 Å². The fourth-order valence-electron chi connectivity index (χ4n) is 2.41. The summed E-state index contributed by atoms with van der Waals surface area (Å²) >= 11 is 3.55. The lowest BCUT2D eigenvalue weighted by Gasteiger charge is -2.15. The number of methoxy groups -OCH3 is 2. The maximum atomic E-state index is 12.9. The molecule has 0 aliphatic carbocycles. The Morgan fingerprint density at radius 1 is 1.08 bits per heavy atom. The molecule has 26 heavy (non-hydrogen) atoms. The molecular weight excluding hydrogens is 401 g/mol. The predicted molar refractivity (Wildman–Crippen MR) is 106 cm³/mol. The summed E-state index contributed by atoms with van der Waals surface area (Å²) in [6, 6.07) is 10.3. The molecule has 0 aromatic heterocycles. The summed E-state index contributed by atoms with van der Waals surface area (Å²) in [4.78, 5) is 4.22. The molecule has 0 heterocycles. The van der Waals surface area contributed by atoms with Crippen molar-refractivity contribution >= 4 is 21.9 Å². The summed E-state index contributed by atoms with van der Waals surface area (Å²) in [5, 5.41) is 6.51. The highest BCUT2D eigenvalue weighted by molar-refractivity contribution is 9.10. The van der Waals surface area contributed by atoms with Crippen LogP contribution < -0.4 is 20.1 Å². The van der Waals surface area contributed by atoms with Gasteiger partial charge in [-0.2, -0.15) is 0 Å². The third kappa shape index (κ3) is 5.62. The van der Waals surface area contributed by atoms with E-state index in [4.69, 9.17) is 9.47 Å². The molecule has 2 aromatic rings. The first-order chi connectivity index (χ1) is 12.6. The normalized spacial score (nSPS) is 11.2. The minimum Gasteiger partial charge on any atom is -0.493 e. The molecule has 0 saturated carbocycles. The van der Waals surface area contributed by atoms with Crippen LogP contribution in [0.25, 0.3) is 0 Å². The molecule has 0 amide bonds. The zero-order valence-electron chi connectivity index (χ0n) is 15.1. The highest BCUT2D eigenvalue weighted by Crippen LogP contribution is 2.33. The number of halogens is 2. The maximum absolute atomic E-state index is 12.9. The van der Waals surface area contributed by atoms with Crippen LogP contribution >= 0.6 is 15.9 Å². The first-order valence-electron chi connectivity index (χ1n) is 8.16. The van der Waals surface area contributed by atoms with Crippen LogP contribution in [0.4, 0.5) is 4.39 Å². The molecule has 0 unspecified atom stereocenters. The van der Waals surface area contributed by atoms with Gasteiger partial charge in [-0.3, -0.25) is 4.99 Å². The number of hydrogen-bond donors (Lipinski definition) is 2. The molecule has 2 rings (SSSR count). The van der Waals surface area contributed by atoms with Gasteiger partial charge in [0.25, 0.3) is 0 Å². The lowest BCUT2D eigenvalue weighted by Crippen LogP contribution is -2.37. The molecule has 0 saturated heterocycles. The monoisotopic (exact) mass is 423 g/mol. The van der Waals surface area contributed by atoms with E-state index in [-0.39, 0.29) is 5.82 Å². The first kappa shape index (κ1) is 20.0. The summed E-state index contributed by atoms with van der Waals surface area (Å²) < 4.78 is 24.5. The number of rotatable bonds is 7. The molecule has 7 heteroatoms. The van der Waals surface area contributed by atoms with Crippen molar-refractivity contribution in [1.82, 2.24) is 10.6 Å². The molecule has 140 valence electrons. The molecule has 0 aliphatic rings. The van der Waals surface area contributed by atoms with Gasteiger partial charge in [0, 0.05) is 24.6 Å². The van der Waals surface area contributed by atoms with Gasteiger partial charge < -0.3 is 20.1 Å². The van der Waals surface area contributed by atoms with E-state index >= 15 is 0 Å². The molecule has 0 radical (unpaired) electrons. The quantitative estimate of drug-likeness (QED) is 0.528. The smallest absolute Gasteiger partial charge is 0.191 e. The second-order valence-corrected chi connectivity index (χ2v) is 6.38. The molecule has 5 nitrogen and oxygen atoms in total. The van der Waals surface area contributed by atoms with E-state index < -0.39 is 0 Å². The van der Waals surface area contributed by atoms with Crippen LogP contribution in [0, 0.1) is 5.82 Å². The molecule has 0 atom stereocenters. The predicted octanol–water partition coefficient (Wildman–Crippen LogP) is 3.51. The van der Waals surface area contributed by atoms with Crippen molar-refractivity contribution in [3.63, 3.8) is 0 Å². The van der Waals surface area contributed by atoms with Crippen LogP contribution in [0.3, 0.4) is 0 Å². The highest BCUT2D eigenvalue weighted by atomic mass is 79.9. The fourth-order valence-corrected chi connectivity index (χ4v) is 2.87. The average molecular weight is 424 g/mol. The maximum Gasteiger partial charge on any atom is 0.191 e. The number of hydrogen-bond acceptors (Lipinski definition) is 3. The van der Waals surface area contributed by atoms with E-state index in [1.54, 1.807) is 33.4 Å². The van der Waals surface area contributed by atoms with Gasteiger partial charge in [0.1, 0.15) is 5.82 Å². The Morgan fingerprint density at radius 2 is 1.73 bits per heavy atom. The van der Waals surface area contributed by atoms with E-state index in [1.807, 2.05) is 12.1 Å². The van der Waals surface area contributed by atoms with Crippen molar-refractivity contribution in [3.05, 3.63) is 57.8 Å². The van der Waals surface area contributed by atoms with Crippen molar-refractivity contribution < 1.29 is 13.9 Å².